The molecule has 1 saturated heterocycles. The maximum atomic E-state index is 13.2. The van der Waals surface area contributed by atoms with Crippen LogP contribution in [-0.4, -0.2) is 32.5 Å². The van der Waals surface area contributed by atoms with Gasteiger partial charge >= 0.3 is 0 Å². The van der Waals surface area contributed by atoms with Crippen LogP contribution in [0.15, 0.2) is 0 Å². The van der Waals surface area contributed by atoms with Gasteiger partial charge in [-0.25, -0.2) is 4.39 Å². The van der Waals surface area contributed by atoms with Gasteiger partial charge in [-0.1, -0.05) is 13.8 Å². The minimum atomic E-state index is -0.872. The highest BCUT2D eigenvalue weighted by molar-refractivity contribution is 4.91. The number of rotatable bonds is 1. The maximum absolute atomic E-state index is 13.2. The molecule has 2 nitrogen and oxygen atoms in total. The molecular formula is C8H16FNO. The molecule has 1 aliphatic rings. The summed E-state index contributed by atoms with van der Waals surface area (Å²) in [6.07, 6.45) is -1.13. The van der Waals surface area contributed by atoms with Crippen LogP contribution in [0.5, 0.6) is 0 Å². The fourth-order valence-electron chi connectivity index (χ4n) is 1.70. The maximum Gasteiger partial charge on any atom is 0.139 e. The highest BCUT2D eigenvalue weighted by Crippen LogP contribution is 2.28. The fraction of sp³-hybridized carbons (Fsp3) is 1.00. The summed E-state index contributed by atoms with van der Waals surface area (Å²) in [6.45, 7) is 5.27. The van der Waals surface area contributed by atoms with Gasteiger partial charge in [-0.15, -0.1) is 0 Å². The Bertz CT molecular complexity index is 138. The van der Waals surface area contributed by atoms with Gasteiger partial charge in [0.25, 0.3) is 0 Å². The molecule has 1 rings (SSSR count). The monoisotopic (exact) mass is 161 g/mol. The van der Waals surface area contributed by atoms with Crippen molar-refractivity contribution in [3.63, 3.8) is 0 Å². The minimum Gasteiger partial charge on any atom is -0.378 e. The first-order valence-electron chi connectivity index (χ1n) is 3.95. The van der Waals surface area contributed by atoms with Gasteiger partial charge in [-0.2, -0.15) is 0 Å². The van der Waals surface area contributed by atoms with Crippen LogP contribution in [0.25, 0.3) is 0 Å². The van der Waals surface area contributed by atoms with Gasteiger partial charge in [-0.05, 0) is 0 Å². The van der Waals surface area contributed by atoms with E-state index in [0.717, 1.165) is 6.54 Å². The zero-order valence-electron chi connectivity index (χ0n) is 7.36. The highest BCUT2D eigenvalue weighted by atomic mass is 19.1. The number of piperidine rings is 1. The molecule has 1 aliphatic heterocycles. The first-order valence-corrected chi connectivity index (χ1v) is 3.95. The number of nitrogens with one attached hydrogen (secondary N) is 1. The molecule has 0 aromatic rings. The van der Waals surface area contributed by atoms with Crippen LogP contribution in [0.3, 0.4) is 0 Å². The number of hydrogen-bond donors (Lipinski definition) is 1. The lowest BCUT2D eigenvalue weighted by Gasteiger charge is -2.39. The van der Waals surface area contributed by atoms with Crippen molar-refractivity contribution in [2.45, 2.75) is 26.1 Å². The molecule has 0 aliphatic carbocycles. The molecule has 0 bridgehead atoms. The summed E-state index contributed by atoms with van der Waals surface area (Å²) in [5, 5.41) is 3.03. The van der Waals surface area contributed by atoms with Gasteiger partial charge in [0, 0.05) is 25.6 Å². The zero-order valence-corrected chi connectivity index (χ0v) is 7.36. The lowest BCUT2D eigenvalue weighted by atomic mass is 9.81. The third-order valence-electron chi connectivity index (χ3n) is 2.27. The van der Waals surface area contributed by atoms with Crippen molar-refractivity contribution in [1.82, 2.24) is 5.32 Å². The molecule has 3 heteroatoms. The van der Waals surface area contributed by atoms with E-state index in [4.69, 9.17) is 4.74 Å². The van der Waals surface area contributed by atoms with Crippen LogP contribution >= 0.6 is 0 Å². The predicted molar refractivity (Wildman–Crippen MR) is 42.3 cm³/mol. The molecule has 66 valence electrons. The molecule has 2 atom stereocenters. The number of ether oxygens (including phenoxy) is 1. The second-order valence-electron chi connectivity index (χ2n) is 3.79. The quantitative estimate of drug-likeness (QED) is 0.618. The lowest BCUT2D eigenvalue weighted by molar-refractivity contribution is -0.0632. The summed E-state index contributed by atoms with van der Waals surface area (Å²) in [6, 6.07) is 0. The summed E-state index contributed by atoms with van der Waals surface area (Å²) in [5.41, 5.74) is -0.0909. The molecule has 0 aromatic heterocycles. The molecule has 0 spiro atoms. The summed E-state index contributed by atoms with van der Waals surface area (Å²) < 4.78 is 18.3. The van der Waals surface area contributed by atoms with Crippen molar-refractivity contribution < 1.29 is 9.13 Å². The molecule has 11 heavy (non-hydrogen) atoms. The van der Waals surface area contributed by atoms with E-state index in [1.54, 1.807) is 7.11 Å². The standard InChI is InChI=1S/C8H16FNO/c1-8(2)5-10-4-6(9)7(8)11-3/h6-7,10H,4-5H2,1-3H3/t6-,7-/m1/s1. The van der Waals surface area contributed by atoms with Crippen LogP contribution in [-0.2, 0) is 4.74 Å². The third-order valence-corrected chi connectivity index (χ3v) is 2.27. The topological polar surface area (TPSA) is 21.3 Å². The Balaban J connectivity index is 2.64. The van der Waals surface area contributed by atoms with Gasteiger partial charge in [0.15, 0.2) is 0 Å². The fourth-order valence-corrected chi connectivity index (χ4v) is 1.70. The average molecular weight is 161 g/mol. The molecule has 0 aromatic carbocycles. The number of alkyl halides is 1. The zero-order chi connectivity index (χ0) is 8.48. The number of halogens is 1. The van der Waals surface area contributed by atoms with E-state index in [9.17, 15) is 4.39 Å². The SMILES string of the molecule is CO[C@@H]1[C@H](F)CNCC1(C)C. The van der Waals surface area contributed by atoms with Crippen molar-refractivity contribution in [2.75, 3.05) is 20.2 Å². The first-order chi connectivity index (χ1) is 5.08. The second kappa shape index (κ2) is 3.07. The second-order valence-corrected chi connectivity index (χ2v) is 3.79. The average Bonchev–Trinajstić information content (AvgIpc) is 1.86. The molecule has 1 N–H and O–H groups in total. The van der Waals surface area contributed by atoms with Crippen LogP contribution < -0.4 is 5.32 Å². The van der Waals surface area contributed by atoms with E-state index in [1.807, 2.05) is 13.8 Å². The molecule has 0 amide bonds. The van der Waals surface area contributed by atoms with E-state index < -0.39 is 6.17 Å². The van der Waals surface area contributed by atoms with Crippen LogP contribution in [0, 0.1) is 5.41 Å². The highest BCUT2D eigenvalue weighted by Gasteiger charge is 2.39. The predicted octanol–water partition coefficient (Wildman–Crippen LogP) is 0.969. The van der Waals surface area contributed by atoms with Crippen LogP contribution in [0.4, 0.5) is 4.39 Å². The Morgan fingerprint density at radius 3 is 2.55 bits per heavy atom. The molecular weight excluding hydrogens is 145 g/mol. The normalized spacial score (nSPS) is 37.1. The molecule has 0 radical (unpaired) electrons. The lowest BCUT2D eigenvalue weighted by Crippen LogP contribution is -2.54. The van der Waals surface area contributed by atoms with E-state index in [-0.39, 0.29) is 11.5 Å². The van der Waals surface area contributed by atoms with Gasteiger partial charge in [-0.3, -0.25) is 0 Å². The summed E-state index contributed by atoms with van der Waals surface area (Å²) in [4.78, 5) is 0. The largest absolute Gasteiger partial charge is 0.378 e. The Morgan fingerprint density at radius 2 is 2.18 bits per heavy atom. The van der Waals surface area contributed by atoms with Gasteiger partial charge in [0.2, 0.25) is 0 Å². The molecule has 1 fully saturated rings. The van der Waals surface area contributed by atoms with Crippen molar-refractivity contribution >= 4 is 0 Å². The van der Waals surface area contributed by atoms with Crippen LogP contribution in [0.1, 0.15) is 13.8 Å². The Labute approximate surface area is 67.1 Å². The van der Waals surface area contributed by atoms with E-state index in [1.165, 1.54) is 0 Å². The summed E-state index contributed by atoms with van der Waals surface area (Å²) in [5.74, 6) is 0. The summed E-state index contributed by atoms with van der Waals surface area (Å²) in [7, 11) is 1.57. The Morgan fingerprint density at radius 1 is 1.55 bits per heavy atom. The number of methoxy groups -OCH3 is 1. The van der Waals surface area contributed by atoms with Crippen molar-refractivity contribution in [3.05, 3.63) is 0 Å². The van der Waals surface area contributed by atoms with E-state index in [0.29, 0.717) is 6.54 Å². The van der Waals surface area contributed by atoms with Crippen molar-refractivity contribution in [2.24, 2.45) is 5.41 Å². The van der Waals surface area contributed by atoms with Gasteiger partial charge < -0.3 is 10.1 Å². The van der Waals surface area contributed by atoms with Gasteiger partial charge in [0.05, 0.1) is 6.10 Å². The third kappa shape index (κ3) is 1.71. The minimum absolute atomic E-state index is 0.0909. The molecule has 0 unspecified atom stereocenters. The van der Waals surface area contributed by atoms with E-state index in [2.05, 4.69) is 5.32 Å². The van der Waals surface area contributed by atoms with E-state index >= 15 is 0 Å². The molecule has 1 heterocycles. The van der Waals surface area contributed by atoms with Gasteiger partial charge in [0.1, 0.15) is 6.17 Å². The van der Waals surface area contributed by atoms with Crippen LogP contribution in [0.2, 0.25) is 0 Å². The smallest absolute Gasteiger partial charge is 0.139 e. The van der Waals surface area contributed by atoms with Crippen molar-refractivity contribution in [1.29, 1.82) is 0 Å². The Hall–Kier alpha value is -0.150. The first kappa shape index (κ1) is 8.94. The summed E-state index contributed by atoms with van der Waals surface area (Å²) >= 11 is 0. The molecule has 0 saturated carbocycles. The number of hydrogen-bond acceptors (Lipinski definition) is 2. The van der Waals surface area contributed by atoms with Crippen molar-refractivity contribution in [3.8, 4) is 0 Å². The Kier molecular flexibility index (Phi) is 2.50.